The van der Waals surface area contributed by atoms with Crippen molar-refractivity contribution in [1.82, 2.24) is 15.3 Å². The summed E-state index contributed by atoms with van der Waals surface area (Å²) in [4.78, 5) is 9.11. The maximum absolute atomic E-state index is 5.90. The molecule has 1 atom stereocenters. The standard InChI is InChI=1S/C15H20N4O/c1-16-14-15(20-10-11-5-4-8-17-9-11)19-13-7-3-2-6-12(13)18-14/h2-3,6-7,11,17H,4-5,8-10H2,1H3,(H,16,18)/t11-/m0/s1. The van der Waals surface area contributed by atoms with Crippen LogP contribution in [-0.2, 0) is 0 Å². The summed E-state index contributed by atoms with van der Waals surface area (Å²) in [5, 5.41) is 6.46. The molecule has 1 fully saturated rings. The quantitative estimate of drug-likeness (QED) is 0.892. The highest BCUT2D eigenvalue weighted by atomic mass is 16.5. The third-order valence-electron chi connectivity index (χ3n) is 3.63. The third kappa shape index (κ3) is 2.82. The molecule has 2 heterocycles. The van der Waals surface area contributed by atoms with E-state index in [0.717, 1.165) is 24.1 Å². The Morgan fingerprint density at radius 2 is 2.10 bits per heavy atom. The lowest BCUT2D eigenvalue weighted by Crippen LogP contribution is -2.33. The zero-order valence-corrected chi connectivity index (χ0v) is 11.7. The second-order valence-electron chi connectivity index (χ2n) is 5.14. The Balaban J connectivity index is 1.78. The normalized spacial score (nSPS) is 18.9. The van der Waals surface area contributed by atoms with E-state index in [9.17, 15) is 0 Å². The van der Waals surface area contributed by atoms with E-state index in [4.69, 9.17) is 4.74 Å². The number of nitrogens with one attached hydrogen (secondary N) is 2. The molecule has 0 unspecified atom stereocenters. The molecule has 0 saturated carbocycles. The highest BCUT2D eigenvalue weighted by Gasteiger charge is 2.15. The molecule has 3 rings (SSSR count). The molecule has 2 N–H and O–H groups in total. The maximum Gasteiger partial charge on any atom is 0.258 e. The van der Waals surface area contributed by atoms with Crippen LogP contribution in [0.4, 0.5) is 5.82 Å². The van der Waals surface area contributed by atoms with Crippen LogP contribution in [0.15, 0.2) is 24.3 Å². The van der Waals surface area contributed by atoms with Crippen LogP contribution < -0.4 is 15.4 Å². The lowest BCUT2D eigenvalue weighted by Gasteiger charge is -2.22. The average molecular weight is 272 g/mol. The summed E-state index contributed by atoms with van der Waals surface area (Å²) < 4.78 is 5.90. The van der Waals surface area contributed by atoms with E-state index in [1.807, 2.05) is 31.3 Å². The Kier molecular flexibility index (Phi) is 3.97. The second-order valence-corrected chi connectivity index (χ2v) is 5.14. The van der Waals surface area contributed by atoms with Crippen LogP contribution in [0.3, 0.4) is 0 Å². The van der Waals surface area contributed by atoms with Gasteiger partial charge in [0.25, 0.3) is 5.88 Å². The Morgan fingerprint density at radius 1 is 1.30 bits per heavy atom. The summed E-state index contributed by atoms with van der Waals surface area (Å²) in [6.45, 7) is 2.83. The zero-order valence-electron chi connectivity index (χ0n) is 11.7. The smallest absolute Gasteiger partial charge is 0.258 e. The minimum atomic E-state index is 0.557. The number of hydrogen-bond donors (Lipinski definition) is 2. The lowest BCUT2D eigenvalue weighted by atomic mass is 10.0. The molecule has 0 amide bonds. The third-order valence-corrected chi connectivity index (χ3v) is 3.63. The van der Waals surface area contributed by atoms with Gasteiger partial charge in [-0.2, -0.15) is 0 Å². The SMILES string of the molecule is CNc1nc2ccccc2nc1OC[C@H]1CCCNC1. The van der Waals surface area contributed by atoms with Gasteiger partial charge in [0, 0.05) is 19.5 Å². The first-order valence-electron chi connectivity index (χ1n) is 7.15. The fourth-order valence-corrected chi connectivity index (χ4v) is 2.51. The van der Waals surface area contributed by atoms with E-state index < -0.39 is 0 Å². The highest BCUT2D eigenvalue weighted by molar-refractivity contribution is 5.77. The summed E-state index contributed by atoms with van der Waals surface area (Å²) in [6.07, 6.45) is 2.43. The van der Waals surface area contributed by atoms with Crippen molar-refractivity contribution in [2.75, 3.05) is 32.1 Å². The van der Waals surface area contributed by atoms with Gasteiger partial charge in [0.15, 0.2) is 5.82 Å². The molecular weight excluding hydrogens is 252 g/mol. The molecule has 1 aliphatic heterocycles. The number of rotatable bonds is 4. The van der Waals surface area contributed by atoms with Crippen molar-refractivity contribution in [3.8, 4) is 5.88 Å². The largest absolute Gasteiger partial charge is 0.475 e. The first-order chi connectivity index (χ1) is 9.86. The minimum Gasteiger partial charge on any atom is -0.475 e. The van der Waals surface area contributed by atoms with Crippen LogP contribution in [0.1, 0.15) is 12.8 Å². The molecule has 5 nitrogen and oxygen atoms in total. The number of aromatic nitrogens is 2. The van der Waals surface area contributed by atoms with Gasteiger partial charge in [0.05, 0.1) is 17.6 Å². The van der Waals surface area contributed by atoms with Crippen molar-refractivity contribution in [3.05, 3.63) is 24.3 Å². The first kappa shape index (κ1) is 13.1. The fourth-order valence-electron chi connectivity index (χ4n) is 2.51. The van der Waals surface area contributed by atoms with Crippen LogP contribution >= 0.6 is 0 Å². The summed E-state index contributed by atoms with van der Waals surface area (Å²) in [7, 11) is 1.84. The molecule has 0 aliphatic carbocycles. The molecule has 1 aromatic heterocycles. The maximum atomic E-state index is 5.90. The van der Waals surface area contributed by atoms with Gasteiger partial charge in [-0.3, -0.25) is 0 Å². The summed E-state index contributed by atoms with van der Waals surface area (Å²) in [5.74, 6) is 1.85. The monoisotopic (exact) mass is 272 g/mol. The molecule has 1 saturated heterocycles. The van der Waals surface area contributed by atoms with Crippen molar-refractivity contribution in [2.24, 2.45) is 5.92 Å². The van der Waals surface area contributed by atoms with Gasteiger partial charge in [-0.1, -0.05) is 12.1 Å². The van der Waals surface area contributed by atoms with Gasteiger partial charge in [-0.05, 0) is 31.5 Å². The number of fused-ring (bicyclic) bond motifs is 1. The Hall–Kier alpha value is -1.88. The van der Waals surface area contributed by atoms with Crippen molar-refractivity contribution >= 4 is 16.9 Å². The van der Waals surface area contributed by atoms with Gasteiger partial charge in [-0.25, -0.2) is 9.97 Å². The molecule has 2 aromatic rings. The first-order valence-corrected chi connectivity index (χ1v) is 7.15. The van der Waals surface area contributed by atoms with E-state index in [1.54, 1.807) is 0 Å². The minimum absolute atomic E-state index is 0.557. The molecule has 0 spiro atoms. The summed E-state index contributed by atoms with van der Waals surface area (Å²) in [6, 6.07) is 7.84. The van der Waals surface area contributed by atoms with E-state index >= 15 is 0 Å². The number of nitrogens with zero attached hydrogens (tertiary/aromatic N) is 2. The van der Waals surface area contributed by atoms with E-state index in [2.05, 4.69) is 20.6 Å². The van der Waals surface area contributed by atoms with Crippen molar-refractivity contribution < 1.29 is 4.74 Å². The van der Waals surface area contributed by atoms with Gasteiger partial charge < -0.3 is 15.4 Å². The summed E-state index contributed by atoms with van der Waals surface area (Å²) in [5.41, 5.74) is 1.74. The van der Waals surface area contributed by atoms with Gasteiger partial charge >= 0.3 is 0 Å². The zero-order chi connectivity index (χ0) is 13.8. The Morgan fingerprint density at radius 3 is 2.80 bits per heavy atom. The second kappa shape index (κ2) is 6.05. The van der Waals surface area contributed by atoms with Crippen LogP contribution in [0.2, 0.25) is 0 Å². The Labute approximate surface area is 118 Å². The van der Waals surface area contributed by atoms with Crippen LogP contribution in [0.5, 0.6) is 5.88 Å². The van der Waals surface area contributed by atoms with E-state index in [-0.39, 0.29) is 0 Å². The molecule has 0 radical (unpaired) electrons. The topological polar surface area (TPSA) is 59.1 Å². The molecule has 1 aromatic carbocycles. The van der Waals surface area contributed by atoms with E-state index in [0.29, 0.717) is 24.2 Å². The number of benzene rings is 1. The summed E-state index contributed by atoms with van der Waals surface area (Å²) >= 11 is 0. The molecule has 106 valence electrons. The highest BCUT2D eigenvalue weighted by Crippen LogP contribution is 2.24. The number of piperidine rings is 1. The predicted molar refractivity (Wildman–Crippen MR) is 80.2 cm³/mol. The molecule has 20 heavy (non-hydrogen) atoms. The molecule has 1 aliphatic rings. The van der Waals surface area contributed by atoms with Gasteiger partial charge in [-0.15, -0.1) is 0 Å². The molecule has 0 bridgehead atoms. The van der Waals surface area contributed by atoms with Crippen LogP contribution in [0, 0.1) is 5.92 Å². The number of para-hydroxylation sites is 2. The lowest BCUT2D eigenvalue weighted by molar-refractivity contribution is 0.213. The van der Waals surface area contributed by atoms with Gasteiger partial charge in [0.2, 0.25) is 0 Å². The van der Waals surface area contributed by atoms with Crippen molar-refractivity contribution in [2.45, 2.75) is 12.8 Å². The predicted octanol–water partition coefficient (Wildman–Crippen LogP) is 2.05. The van der Waals surface area contributed by atoms with Crippen molar-refractivity contribution in [1.29, 1.82) is 0 Å². The van der Waals surface area contributed by atoms with Crippen LogP contribution in [-0.4, -0.2) is 36.7 Å². The average Bonchev–Trinajstić information content (AvgIpc) is 2.53. The van der Waals surface area contributed by atoms with Gasteiger partial charge in [0.1, 0.15) is 0 Å². The number of ether oxygens (including phenoxy) is 1. The Bertz CT molecular complexity index is 581. The molecular formula is C15H20N4O. The fraction of sp³-hybridized carbons (Fsp3) is 0.467. The van der Waals surface area contributed by atoms with E-state index in [1.165, 1.54) is 12.8 Å². The molecule has 5 heteroatoms. The van der Waals surface area contributed by atoms with Crippen LogP contribution in [0.25, 0.3) is 11.0 Å². The number of hydrogen-bond acceptors (Lipinski definition) is 5. The number of anilines is 1. The van der Waals surface area contributed by atoms with Crippen molar-refractivity contribution in [3.63, 3.8) is 0 Å².